The largest absolute Gasteiger partial charge is 0.522 e. The second kappa shape index (κ2) is 4.47. The summed E-state index contributed by atoms with van der Waals surface area (Å²) in [6.07, 6.45) is -1.91. The average molecular weight is 246 g/mol. The first kappa shape index (κ1) is 13.1. The average Bonchev–Trinajstić information content (AvgIpc) is 2.00. The number of rotatable bonds is 1. The quantitative estimate of drug-likeness (QED) is 0.766. The summed E-state index contributed by atoms with van der Waals surface area (Å²) in [5.41, 5.74) is 0.154. The van der Waals surface area contributed by atoms with E-state index in [1.807, 2.05) is 0 Å². The van der Waals surface area contributed by atoms with Crippen LogP contribution in [-0.4, -0.2) is 25.6 Å². The van der Waals surface area contributed by atoms with Crippen molar-refractivity contribution in [2.24, 2.45) is 5.41 Å². The Morgan fingerprint density at radius 2 is 1.67 bits per heavy atom. The lowest BCUT2D eigenvalue weighted by atomic mass is 9.62. The van der Waals surface area contributed by atoms with E-state index in [0.29, 0.717) is 12.8 Å². The van der Waals surface area contributed by atoms with Gasteiger partial charge < -0.3 is 5.32 Å². The van der Waals surface area contributed by atoms with Crippen LogP contribution in [0.5, 0.6) is 0 Å². The first-order valence-corrected chi connectivity index (χ1v) is 4.94. The van der Waals surface area contributed by atoms with E-state index in [9.17, 15) is 13.2 Å². The number of halogens is 4. The van der Waals surface area contributed by atoms with Crippen molar-refractivity contribution in [1.82, 2.24) is 5.32 Å². The molecule has 90 valence electrons. The van der Waals surface area contributed by atoms with Gasteiger partial charge in [-0.25, -0.2) is 0 Å². The molecule has 2 fully saturated rings. The van der Waals surface area contributed by atoms with Gasteiger partial charge in [-0.15, -0.1) is 25.6 Å². The molecule has 2 nitrogen and oxygen atoms in total. The second-order valence-electron chi connectivity index (χ2n) is 4.34. The fourth-order valence-electron chi connectivity index (χ4n) is 2.54. The summed E-state index contributed by atoms with van der Waals surface area (Å²) in [4.78, 5) is 0. The van der Waals surface area contributed by atoms with Gasteiger partial charge in [0.25, 0.3) is 0 Å². The SMILES string of the molecule is Cl.FC(F)(F)OC1CC2(CCNCC2)C1. The smallest absolute Gasteiger partial charge is 0.317 e. The van der Waals surface area contributed by atoms with Crippen LogP contribution in [0.15, 0.2) is 0 Å². The van der Waals surface area contributed by atoms with Crippen LogP contribution >= 0.6 is 12.4 Å². The molecule has 6 heteroatoms. The number of nitrogens with one attached hydrogen (secondary N) is 1. The van der Waals surface area contributed by atoms with Crippen LogP contribution < -0.4 is 5.32 Å². The molecular formula is C9H15ClF3NO. The maximum Gasteiger partial charge on any atom is 0.522 e. The van der Waals surface area contributed by atoms with E-state index in [4.69, 9.17) is 0 Å². The van der Waals surface area contributed by atoms with Gasteiger partial charge in [-0.05, 0) is 44.2 Å². The van der Waals surface area contributed by atoms with Crippen LogP contribution in [0.1, 0.15) is 25.7 Å². The third-order valence-corrected chi connectivity index (χ3v) is 3.29. The predicted octanol–water partition coefficient (Wildman–Crippen LogP) is 2.48. The highest BCUT2D eigenvalue weighted by atomic mass is 35.5. The summed E-state index contributed by atoms with van der Waals surface area (Å²) >= 11 is 0. The molecule has 0 aromatic rings. The normalized spacial score (nSPS) is 25.8. The number of ether oxygens (including phenoxy) is 1. The third-order valence-electron chi connectivity index (χ3n) is 3.29. The molecule has 1 spiro atoms. The second-order valence-corrected chi connectivity index (χ2v) is 4.34. The van der Waals surface area contributed by atoms with E-state index in [-0.39, 0.29) is 17.8 Å². The van der Waals surface area contributed by atoms with E-state index >= 15 is 0 Å². The Balaban J connectivity index is 0.00000112. The fourth-order valence-corrected chi connectivity index (χ4v) is 2.54. The van der Waals surface area contributed by atoms with Crippen molar-refractivity contribution in [1.29, 1.82) is 0 Å². The minimum atomic E-state index is -4.46. The van der Waals surface area contributed by atoms with Gasteiger partial charge in [0.1, 0.15) is 0 Å². The maximum absolute atomic E-state index is 11.8. The Morgan fingerprint density at radius 1 is 1.13 bits per heavy atom. The molecule has 1 aliphatic heterocycles. The van der Waals surface area contributed by atoms with Crippen molar-refractivity contribution in [2.45, 2.75) is 38.1 Å². The molecule has 15 heavy (non-hydrogen) atoms. The molecule has 0 aromatic heterocycles. The minimum absolute atomic E-state index is 0. The van der Waals surface area contributed by atoms with Crippen LogP contribution in [0.4, 0.5) is 13.2 Å². The molecule has 0 radical (unpaired) electrons. The Hall–Kier alpha value is -0.0000000000000000416. The van der Waals surface area contributed by atoms with E-state index in [1.54, 1.807) is 0 Å². The van der Waals surface area contributed by atoms with E-state index in [2.05, 4.69) is 10.1 Å². The van der Waals surface area contributed by atoms with Crippen LogP contribution in [0.2, 0.25) is 0 Å². The molecule has 0 unspecified atom stereocenters. The molecule has 0 bridgehead atoms. The van der Waals surface area contributed by atoms with Gasteiger partial charge in [0.05, 0.1) is 6.10 Å². The highest BCUT2D eigenvalue weighted by molar-refractivity contribution is 5.85. The summed E-state index contributed by atoms with van der Waals surface area (Å²) in [5, 5.41) is 3.21. The molecule has 2 aliphatic rings. The number of alkyl halides is 3. The Bertz CT molecular complexity index is 208. The van der Waals surface area contributed by atoms with Crippen molar-refractivity contribution in [3.05, 3.63) is 0 Å². The molecule has 1 N–H and O–H groups in total. The van der Waals surface area contributed by atoms with Gasteiger partial charge in [0.2, 0.25) is 0 Å². The zero-order valence-corrected chi connectivity index (χ0v) is 9.09. The highest BCUT2D eigenvalue weighted by Gasteiger charge is 2.49. The fraction of sp³-hybridized carbons (Fsp3) is 1.00. The molecule has 0 amide bonds. The molecule has 1 saturated heterocycles. The molecular weight excluding hydrogens is 231 g/mol. The van der Waals surface area contributed by atoms with E-state index in [1.165, 1.54) is 0 Å². The first-order chi connectivity index (χ1) is 6.49. The Morgan fingerprint density at radius 3 is 2.13 bits per heavy atom. The number of hydrogen-bond acceptors (Lipinski definition) is 2. The summed E-state index contributed by atoms with van der Waals surface area (Å²) in [7, 11) is 0. The Kier molecular flexibility index (Phi) is 3.90. The van der Waals surface area contributed by atoms with Crippen molar-refractivity contribution in [3.8, 4) is 0 Å². The minimum Gasteiger partial charge on any atom is -0.317 e. The van der Waals surface area contributed by atoms with Crippen molar-refractivity contribution < 1.29 is 17.9 Å². The molecule has 1 heterocycles. The van der Waals surface area contributed by atoms with Gasteiger partial charge in [0.15, 0.2) is 0 Å². The number of piperidine rings is 1. The molecule has 0 aromatic carbocycles. The zero-order chi connectivity index (χ0) is 10.2. The van der Waals surface area contributed by atoms with Gasteiger partial charge in [-0.2, -0.15) is 0 Å². The molecule has 1 saturated carbocycles. The molecule has 2 rings (SSSR count). The third kappa shape index (κ3) is 3.23. The monoisotopic (exact) mass is 245 g/mol. The van der Waals surface area contributed by atoms with Crippen LogP contribution in [0.25, 0.3) is 0 Å². The van der Waals surface area contributed by atoms with E-state index in [0.717, 1.165) is 25.9 Å². The van der Waals surface area contributed by atoms with Crippen molar-refractivity contribution in [2.75, 3.05) is 13.1 Å². The summed E-state index contributed by atoms with van der Waals surface area (Å²) in [6, 6.07) is 0. The van der Waals surface area contributed by atoms with Crippen LogP contribution in [0, 0.1) is 5.41 Å². The van der Waals surface area contributed by atoms with Crippen molar-refractivity contribution in [3.63, 3.8) is 0 Å². The highest BCUT2D eigenvalue weighted by Crippen LogP contribution is 2.50. The summed E-state index contributed by atoms with van der Waals surface area (Å²) in [5.74, 6) is 0. The predicted molar refractivity (Wildman–Crippen MR) is 51.9 cm³/mol. The Labute approximate surface area is 93.0 Å². The lowest BCUT2D eigenvalue weighted by molar-refractivity contribution is -0.360. The maximum atomic E-state index is 11.8. The lowest BCUT2D eigenvalue weighted by Crippen LogP contribution is -2.50. The standard InChI is InChI=1S/C9H14F3NO.ClH/c10-9(11,12)14-7-5-8(6-7)1-3-13-4-2-8;/h7,13H,1-6H2;1H. The van der Waals surface area contributed by atoms with Crippen LogP contribution in [0.3, 0.4) is 0 Å². The zero-order valence-electron chi connectivity index (χ0n) is 8.27. The lowest BCUT2D eigenvalue weighted by Gasteiger charge is -2.49. The molecule has 1 aliphatic carbocycles. The van der Waals surface area contributed by atoms with E-state index < -0.39 is 12.5 Å². The first-order valence-electron chi connectivity index (χ1n) is 4.94. The van der Waals surface area contributed by atoms with Gasteiger partial charge >= 0.3 is 6.36 Å². The molecule has 0 atom stereocenters. The van der Waals surface area contributed by atoms with Gasteiger partial charge in [0, 0.05) is 0 Å². The summed E-state index contributed by atoms with van der Waals surface area (Å²) < 4.78 is 39.5. The summed E-state index contributed by atoms with van der Waals surface area (Å²) in [6.45, 7) is 1.86. The number of hydrogen-bond donors (Lipinski definition) is 1. The van der Waals surface area contributed by atoms with Crippen LogP contribution in [-0.2, 0) is 4.74 Å². The van der Waals surface area contributed by atoms with Gasteiger partial charge in [-0.3, -0.25) is 4.74 Å². The van der Waals surface area contributed by atoms with Gasteiger partial charge in [-0.1, -0.05) is 0 Å². The van der Waals surface area contributed by atoms with Crippen molar-refractivity contribution >= 4 is 12.4 Å². The topological polar surface area (TPSA) is 21.3 Å².